The third-order valence-electron chi connectivity index (χ3n) is 2.87. The number of hydrogen-bond donors (Lipinski definition) is 2. The normalized spacial score (nSPS) is 26.7. The van der Waals surface area contributed by atoms with E-state index in [1.807, 2.05) is 24.3 Å². The molecule has 0 amide bonds. The van der Waals surface area contributed by atoms with Crippen molar-refractivity contribution in [3.8, 4) is 0 Å². The Morgan fingerprint density at radius 2 is 2.00 bits per heavy atom. The van der Waals surface area contributed by atoms with E-state index >= 15 is 0 Å². The molecule has 2 rings (SSSR count). The fourth-order valence-electron chi connectivity index (χ4n) is 2.02. The predicted molar refractivity (Wildman–Crippen MR) is 57.6 cm³/mol. The van der Waals surface area contributed by atoms with Gasteiger partial charge >= 0.3 is 0 Å². The Balaban J connectivity index is 2.17. The number of aliphatic hydroxyl groups is 1. The van der Waals surface area contributed by atoms with Crippen LogP contribution in [0.3, 0.4) is 0 Å². The lowest BCUT2D eigenvalue weighted by molar-refractivity contribution is 0.226. The lowest BCUT2D eigenvalue weighted by Gasteiger charge is -2.16. The van der Waals surface area contributed by atoms with Crippen molar-refractivity contribution in [2.45, 2.75) is 5.92 Å². The van der Waals surface area contributed by atoms with Crippen LogP contribution in [0.5, 0.6) is 0 Å². The zero-order chi connectivity index (χ0) is 9.97. The van der Waals surface area contributed by atoms with Crippen molar-refractivity contribution in [1.82, 2.24) is 5.32 Å². The second-order valence-corrected chi connectivity index (χ2v) is 4.20. The van der Waals surface area contributed by atoms with Crippen LogP contribution in [-0.2, 0) is 0 Å². The molecule has 0 bridgehead atoms. The molecule has 1 fully saturated rings. The molecule has 0 radical (unpaired) electrons. The highest BCUT2D eigenvalue weighted by atomic mass is 35.5. The molecule has 2 unspecified atom stereocenters. The minimum absolute atomic E-state index is 0.250. The first kappa shape index (κ1) is 9.97. The van der Waals surface area contributed by atoms with Gasteiger partial charge in [-0.2, -0.15) is 0 Å². The summed E-state index contributed by atoms with van der Waals surface area (Å²) in [7, 11) is 0. The van der Waals surface area contributed by atoms with E-state index in [1.54, 1.807) is 0 Å². The van der Waals surface area contributed by atoms with Crippen LogP contribution in [-0.4, -0.2) is 24.8 Å². The second kappa shape index (κ2) is 4.30. The van der Waals surface area contributed by atoms with Gasteiger partial charge in [-0.1, -0.05) is 23.7 Å². The summed E-state index contributed by atoms with van der Waals surface area (Å²) >= 11 is 5.82. The average Bonchev–Trinajstić information content (AvgIpc) is 2.67. The maximum atomic E-state index is 9.19. The average molecular weight is 212 g/mol. The van der Waals surface area contributed by atoms with Crippen molar-refractivity contribution in [3.63, 3.8) is 0 Å². The van der Waals surface area contributed by atoms with Crippen molar-refractivity contribution >= 4 is 11.6 Å². The van der Waals surface area contributed by atoms with Crippen LogP contribution < -0.4 is 5.32 Å². The van der Waals surface area contributed by atoms with Crippen LogP contribution in [0.4, 0.5) is 0 Å². The largest absolute Gasteiger partial charge is 0.396 e. The van der Waals surface area contributed by atoms with Gasteiger partial charge in [0.25, 0.3) is 0 Å². The summed E-state index contributed by atoms with van der Waals surface area (Å²) in [5, 5.41) is 13.2. The molecular formula is C11H14ClNO. The maximum Gasteiger partial charge on any atom is 0.0477 e. The van der Waals surface area contributed by atoms with Gasteiger partial charge in [-0.25, -0.2) is 0 Å². The molecule has 2 N–H and O–H groups in total. The zero-order valence-electron chi connectivity index (χ0n) is 7.91. The number of rotatable bonds is 2. The van der Waals surface area contributed by atoms with Gasteiger partial charge in [-0.05, 0) is 17.7 Å². The third-order valence-corrected chi connectivity index (χ3v) is 3.12. The molecule has 76 valence electrons. The molecule has 1 aliphatic heterocycles. The standard InChI is InChI=1S/C11H14ClNO/c12-10-3-1-8(2-4-10)11-6-13-5-9(11)7-14/h1-4,9,11,13-14H,5-7H2. The Kier molecular flexibility index (Phi) is 3.06. The highest BCUT2D eigenvalue weighted by Gasteiger charge is 2.27. The first-order valence-corrected chi connectivity index (χ1v) is 5.26. The van der Waals surface area contributed by atoms with Crippen molar-refractivity contribution in [2.75, 3.05) is 19.7 Å². The van der Waals surface area contributed by atoms with E-state index in [9.17, 15) is 5.11 Å². The van der Waals surface area contributed by atoms with E-state index in [0.717, 1.165) is 18.1 Å². The summed E-state index contributed by atoms with van der Waals surface area (Å²) in [6.45, 7) is 2.11. The van der Waals surface area contributed by atoms with Crippen LogP contribution in [0.15, 0.2) is 24.3 Å². The minimum atomic E-state index is 0.250. The van der Waals surface area contributed by atoms with Crippen molar-refractivity contribution in [3.05, 3.63) is 34.9 Å². The van der Waals surface area contributed by atoms with Crippen molar-refractivity contribution in [2.24, 2.45) is 5.92 Å². The number of aliphatic hydroxyl groups excluding tert-OH is 1. The molecule has 0 saturated carbocycles. The predicted octanol–water partition coefficient (Wildman–Crippen LogP) is 1.64. The van der Waals surface area contributed by atoms with Gasteiger partial charge in [-0.3, -0.25) is 0 Å². The van der Waals surface area contributed by atoms with E-state index in [-0.39, 0.29) is 6.61 Å². The number of halogens is 1. The first-order valence-electron chi connectivity index (χ1n) is 4.88. The van der Waals surface area contributed by atoms with Crippen LogP contribution in [0.25, 0.3) is 0 Å². The number of nitrogens with one attached hydrogen (secondary N) is 1. The minimum Gasteiger partial charge on any atom is -0.396 e. The molecule has 1 saturated heterocycles. The summed E-state index contributed by atoms with van der Waals surface area (Å²) in [4.78, 5) is 0. The molecule has 0 aromatic heterocycles. The Hall–Kier alpha value is -0.570. The smallest absolute Gasteiger partial charge is 0.0477 e. The van der Waals surface area contributed by atoms with Gasteiger partial charge in [0, 0.05) is 36.6 Å². The first-order chi connectivity index (χ1) is 6.81. The molecular weight excluding hydrogens is 198 g/mol. The SMILES string of the molecule is OCC1CNCC1c1ccc(Cl)cc1. The second-order valence-electron chi connectivity index (χ2n) is 3.76. The summed E-state index contributed by atoms with van der Waals surface area (Å²) in [6.07, 6.45) is 0. The van der Waals surface area contributed by atoms with E-state index < -0.39 is 0 Å². The highest BCUT2D eigenvalue weighted by Crippen LogP contribution is 2.28. The topological polar surface area (TPSA) is 32.3 Å². The van der Waals surface area contributed by atoms with Gasteiger partial charge in [0.1, 0.15) is 0 Å². The van der Waals surface area contributed by atoms with E-state index in [1.165, 1.54) is 5.56 Å². The molecule has 3 heteroatoms. The van der Waals surface area contributed by atoms with Crippen molar-refractivity contribution in [1.29, 1.82) is 0 Å². The van der Waals surface area contributed by atoms with Crippen LogP contribution in [0.2, 0.25) is 5.02 Å². The van der Waals surface area contributed by atoms with E-state index in [0.29, 0.717) is 11.8 Å². The molecule has 0 spiro atoms. The molecule has 2 nitrogen and oxygen atoms in total. The van der Waals surface area contributed by atoms with E-state index in [2.05, 4.69) is 5.32 Å². The van der Waals surface area contributed by atoms with Gasteiger partial charge in [0.05, 0.1) is 0 Å². The van der Waals surface area contributed by atoms with Crippen LogP contribution in [0.1, 0.15) is 11.5 Å². The summed E-state index contributed by atoms with van der Waals surface area (Å²) in [5.41, 5.74) is 1.26. The molecule has 1 aromatic carbocycles. The van der Waals surface area contributed by atoms with Crippen LogP contribution >= 0.6 is 11.6 Å². The quantitative estimate of drug-likeness (QED) is 0.780. The Bertz CT molecular complexity index is 299. The van der Waals surface area contributed by atoms with Crippen molar-refractivity contribution < 1.29 is 5.11 Å². The summed E-state index contributed by atoms with van der Waals surface area (Å²) in [6, 6.07) is 7.90. The summed E-state index contributed by atoms with van der Waals surface area (Å²) < 4.78 is 0. The molecule has 1 aromatic rings. The number of benzene rings is 1. The molecule has 1 aliphatic rings. The van der Waals surface area contributed by atoms with Gasteiger partial charge in [0.2, 0.25) is 0 Å². The summed E-state index contributed by atoms with van der Waals surface area (Å²) in [5.74, 6) is 0.772. The van der Waals surface area contributed by atoms with Gasteiger partial charge < -0.3 is 10.4 Å². The Morgan fingerprint density at radius 1 is 1.29 bits per heavy atom. The van der Waals surface area contributed by atoms with Gasteiger partial charge in [-0.15, -0.1) is 0 Å². The maximum absolute atomic E-state index is 9.19. The zero-order valence-corrected chi connectivity index (χ0v) is 8.67. The molecule has 0 aliphatic carbocycles. The van der Waals surface area contributed by atoms with Crippen LogP contribution in [0, 0.1) is 5.92 Å². The lowest BCUT2D eigenvalue weighted by Crippen LogP contribution is -2.14. The number of hydrogen-bond acceptors (Lipinski definition) is 2. The highest BCUT2D eigenvalue weighted by molar-refractivity contribution is 6.30. The fourth-order valence-corrected chi connectivity index (χ4v) is 2.15. The third kappa shape index (κ3) is 1.92. The van der Waals surface area contributed by atoms with Gasteiger partial charge in [0.15, 0.2) is 0 Å². The lowest BCUT2D eigenvalue weighted by atomic mass is 9.90. The monoisotopic (exact) mass is 211 g/mol. The Labute approximate surface area is 88.9 Å². The molecule has 2 atom stereocenters. The fraction of sp³-hybridized carbons (Fsp3) is 0.455. The molecule has 14 heavy (non-hydrogen) atoms. The molecule has 1 heterocycles. The van der Waals surface area contributed by atoms with E-state index in [4.69, 9.17) is 11.6 Å². The Morgan fingerprint density at radius 3 is 2.64 bits per heavy atom.